The number of carbonyl (C=O) groups excluding carboxylic acids is 1. The van der Waals surface area contributed by atoms with E-state index >= 15 is 0 Å². The summed E-state index contributed by atoms with van der Waals surface area (Å²) in [6, 6.07) is 7.61. The van der Waals surface area contributed by atoms with Crippen molar-refractivity contribution in [3.63, 3.8) is 0 Å². The molecule has 1 aromatic carbocycles. The average molecular weight is 214 g/mol. The van der Waals surface area contributed by atoms with Crippen molar-refractivity contribution in [1.29, 1.82) is 0 Å². The van der Waals surface area contributed by atoms with Crippen molar-refractivity contribution in [3.05, 3.63) is 35.9 Å². The van der Waals surface area contributed by atoms with Crippen molar-refractivity contribution in [3.8, 4) is 5.88 Å². The van der Waals surface area contributed by atoms with Crippen molar-refractivity contribution < 1.29 is 9.53 Å². The SMILES string of the molecule is NC(=O)c1c2n(c3ccccc13)C=CCO2. The third kappa shape index (κ3) is 1.07. The van der Waals surface area contributed by atoms with Gasteiger partial charge in [-0.15, -0.1) is 0 Å². The lowest BCUT2D eigenvalue weighted by molar-refractivity contribution is 0.0998. The van der Waals surface area contributed by atoms with E-state index in [0.29, 0.717) is 18.1 Å². The molecule has 0 saturated heterocycles. The molecular weight excluding hydrogens is 204 g/mol. The average Bonchev–Trinajstić information content (AvgIpc) is 2.63. The summed E-state index contributed by atoms with van der Waals surface area (Å²) < 4.78 is 7.32. The van der Waals surface area contributed by atoms with Crippen LogP contribution in [0.25, 0.3) is 17.1 Å². The molecule has 4 nitrogen and oxygen atoms in total. The van der Waals surface area contributed by atoms with Crippen LogP contribution < -0.4 is 10.5 Å². The lowest BCUT2D eigenvalue weighted by atomic mass is 10.1. The number of nitrogens with zero attached hydrogens (tertiary/aromatic N) is 1. The number of primary amides is 1. The van der Waals surface area contributed by atoms with Gasteiger partial charge in [-0.25, -0.2) is 0 Å². The molecule has 2 heterocycles. The molecular formula is C12H10N2O2. The molecule has 0 unspecified atom stereocenters. The monoisotopic (exact) mass is 214 g/mol. The Morgan fingerprint density at radius 2 is 2.19 bits per heavy atom. The Hall–Kier alpha value is -2.23. The number of amides is 1. The molecule has 3 rings (SSSR count). The van der Waals surface area contributed by atoms with E-state index in [1.54, 1.807) is 0 Å². The first-order valence-electron chi connectivity index (χ1n) is 5.01. The van der Waals surface area contributed by atoms with Gasteiger partial charge in [-0.05, 0) is 12.1 Å². The van der Waals surface area contributed by atoms with Gasteiger partial charge >= 0.3 is 0 Å². The van der Waals surface area contributed by atoms with Crippen LogP contribution in [-0.2, 0) is 0 Å². The Morgan fingerprint density at radius 1 is 1.38 bits per heavy atom. The lowest BCUT2D eigenvalue weighted by Gasteiger charge is -2.11. The van der Waals surface area contributed by atoms with E-state index in [2.05, 4.69) is 0 Å². The van der Waals surface area contributed by atoms with Gasteiger partial charge in [0.05, 0.1) is 5.52 Å². The molecule has 0 saturated carbocycles. The molecule has 0 aliphatic carbocycles. The number of carbonyl (C=O) groups is 1. The lowest BCUT2D eigenvalue weighted by Crippen LogP contribution is -2.14. The third-order valence-corrected chi connectivity index (χ3v) is 2.68. The van der Waals surface area contributed by atoms with E-state index in [1.807, 2.05) is 41.1 Å². The van der Waals surface area contributed by atoms with Crippen LogP contribution in [-0.4, -0.2) is 17.1 Å². The number of hydrogen-bond acceptors (Lipinski definition) is 2. The minimum atomic E-state index is -0.458. The topological polar surface area (TPSA) is 57.2 Å². The van der Waals surface area contributed by atoms with Crippen molar-refractivity contribution in [2.45, 2.75) is 0 Å². The number of rotatable bonds is 1. The zero-order valence-corrected chi connectivity index (χ0v) is 8.51. The number of ether oxygens (including phenoxy) is 1. The van der Waals surface area contributed by atoms with Gasteiger partial charge in [0.1, 0.15) is 12.2 Å². The predicted molar refractivity (Wildman–Crippen MR) is 61.3 cm³/mol. The van der Waals surface area contributed by atoms with Gasteiger partial charge in [0.15, 0.2) is 0 Å². The molecule has 80 valence electrons. The molecule has 1 aliphatic heterocycles. The number of fused-ring (bicyclic) bond motifs is 3. The maximum atomic E-state index is 11.5. The van der Waals surface area contributed by atoms with E-state index in [-0.39, 0.29) is 0 Å². The van der Waals surface area contributed by atoms with E-state index in [0.717, 1.165) is 10.9 Å². The minimum Gasteiger partial charge on any atom is -0.474 e. The second kappa shape index (κ2) is 3.13. The highest BCUT2D eigenvalue weighted by Gasteiger charge is 2.22. The summed E-state index contributed by atoms with van der Waals surface area (Å²) in [5, 5.41) is 0.830. The highest BCUT2D eigenvalue weighted by Crippen LogP contribution is 2.33. The number of para-hydroxylation sites is 1. The zero-order valence-electron chi connectivity index (χ0n) is 8.51. The fourth-order valence-electron chi connectivity index (χ4n) is 2.04. The van der Waals surface area contributed by atoms with Gasteiger partial charge in [0, 0.05) is 11.6 Å². The molecule has 0 bridgehead atoms. The maximum absolute atomic E-state index is 11.5. The normalized spacial score (nSPS) is 13.5. The van der Waals surface area contributed by atoms with E-state index < -0.39 is 5.91 Å². The number of nitrogens with two attached hydrogens (primary N) is 1. The van der Waals surface area contributed by atoms with Crippen molar-refractivity contribution in [2.75, 3.05) is 6.61 Å². The van der Waals surface area contributed by atoms with Gasteiger partial charge in [0.2, 0.25) is 5.88 Å². The first-order chi connectivity index (χ1) is 7.79. The Balaban J connectivity index is 2.47. The molecule has 0 spiro atoms. The number of hydrogen-bond donors (Lipinski definition) is 1. The molecule has 1 aliphatic rings. The van der Waals surface area contributed by atoms with Crippen LogP contribution in [0.4, 0.5) is 0 Å². The second-order valence-electron chi connectivity index (χ2n) is 3.63. The van der Waals surface area contributed by atoms with Crippen LogP contribution in [0.2, 0.25) is 0 Å². The predicted octanol–water partition coefficient (Wildman–Crippen LogP) is 1.60. The molecule has 4 heteroatoms. The van der Waals surface area contributed by atoms with Crippen LogP contribution in [0.3, 0.4) is 0 Å². The van der Waals surface area contributed by atoms with Gasteiger partial charge in [-0.2, -0.15) is 0 Å². The number of benzene rings is 1. The molecule has 2 N–H and O–H groups in total. The maximum Gasteiger partial charge on any atom is 0.254 e. The first-order valence-corrected chi connectivity index (χ1v) is 5.01. The molecule has 0 fully saturated rings. The van der Waals surface area contributed by atoms with Gasteiger partial charge in [-0.3, -0.25) is 9.36 Å². The third-order valence-electron chi connectivity index (χ3n) is 2.68. The minimum absolute atomic E-state index is 0.458. The fourth-order valence-corrected chi connectivity index (χ4v) is 2.04. The first kappa shape index (κ1) is 9.03. The summed E-state index contributed by atoms with van der Waals surface area (Å²) in [4.78, 5) is 11.5. The Bertz CT molecular complexity index is 611. The van der Waals surface area contributed by atoms with Crippen molar-refractivity contribution in [1.82, 2.24) is 4.57 Å². The van der Waals surface area contributed by atoms with Crippen molar-refractivity contribution in [2.24, 2.45) is 5.73 Å². The van der Waals surface area contributed by atoms with E-state index in [4.69, 9.17) is 10.5 Å². The molecule has 2 aromatic rings. The Kier molecular flexibility index (Phi) is 1.77. The molecule has 0 radical (unpaired) electrons. The quantitative estimate of drug-likeness (QED) is 0.783. The second-order valence-corrected chi connectivity index (χ2v) is 3.63. The Morgan fingerprint density at radius 3 is 3.00 bits per heavy atom. The van der Waals surface area contributed by atoms with Crippen LogP contribution in [0, 0.1) is 0 Å². The summed E-state index contributed by atoms with van der Waals surface area (Å²) in [5.41, 5.74) is 6.78. The van der Waals surface area contributed by atoms with Gasteiger partial charge in [-0.1, -0.05) is 18.2 Å². The summed E-state index contributed by atoms with van der Waals surface area (Å²) in [7, 11) is 0. The Labute approximate surface area is 91.9 Å². The van der Waals surface area contributed by atoms with Crippen LogP contribution in [0.1, 0.15) is 10.4 Å². The molecule has 1 aromatic heterocycles. The van der Waals surface area contributed by atoms with Crippen molar-refractivity contribution >= 4 is 23.0 Å². The highest BCUT2D eigenvalue weighted by molar-refractivity contribution is 6.09. The molecule has 16 heavy (non-hydrogen) atoms. The summed E-state index contributed by atoms with van der Waals surface area (Å²) in [6.45, 7) is 0.469. The smallest absolute Gasteiger partial charge is 0.254 e. The zero-order chi connectivity index (χ0) is 11.1. The highest BCUT2D eigenvalue weighted by atomic mass is 16.5. The van der Waals surface area contributed by atoms with Gasteiger partial charge in [0.25, 0.3) is 5.91 Å². The van der Waals surface area contributed by atoms with Crippen LogP contribution >= 0.6 is 0 Å². The van der Waals surface area contributed by atoms with Crippen LogP contribution in [0.15, 0.2) is 30.3 Å². The van der Waals surface area contributed by atoms with E-state index in [1.165, 1.54) is 0 Å². The van der Waals surface area contributed by atoms with Gasteiger partial charge < -0.3 is 10.5 Å². The molecule has 0 atom stereocenters. The van der Waals surface area contributed by atoms with Crippen LogP contribution in [0.5, 0.6) is 5.88 Å². The number of aromatic nitrogens is 1. The molecule has 1 amide bonds. The summed E-state index contributed by atoms with van der Waals surface area (Å²) in [5.74, 6) is 0.0800. The largest absolute Gasteiger partial charge is 0.474 e. The summed E-state index contributed by atoms with van der Waals surface area (Å²) >= 11 is 0. The standard InChI is InChI=1S/C12H10N2O2/c13-11(15)10-8-4-1-2-5-9(8)14-6-3-7-16-12(10)14/h1-6H,7H2,(H2,13,15). The van der Waals surface area contributed by atoms with E-state index in [9.17, 15) is 4.79 Å². The summed E-state index contributed by atoms with van der Waals surface area (Å²) in [6.07, 6.45) is 3.79. The fraction of sp³-hybridized carbons (Fsp3) is 0.0833.